The van der Waals surface area contributed by atoms with Gasteiger partial charge in [0.05, 0.1) is 21.7 Å². The highest BCUT2D eigenvalue weighted by Gasteiger charge is 2.18. The quantitative estimate of drug-likeness (QED) is 0.798. The first-order chi connectivity index (χ1) is 10.4. The number of aryl methyl sites for hydroxylation is 2. The molecule has 0 aliphatic carbocycles. The fourth-order valence-corrected chi connectivity index (χ4v) is 3.83. The Hall–Kier alpha value is -2.05. The van der Waals surface area contributed by atoms with Crippen molar-refractivity contribution in [1.82, 2.24) is 9.55 Å². The molecule has 1 aromatic heterocycles. The van der Waals surface area contributed by atoms with Gasteiger partial charge in [0, 0.05) is 7.05 Å². The number of halogens is 1. The zero-order valence-corrected chi connectivity index (χ0v) is 13.6. The Morgan fingerprint density at radius 3 is 2.64 bits per heavy atom. The van der Waals surface area contributed by atoms with Gasteiger partial charge in [0.25, 0.3) is 10.0 Å². The monoisotopic (exact) mass is 335 g/mol. The molecule has 3 rings (SSSR count). The molecule has 7 heteroatoms. The molecule has 0 saturated carbocycles. The van der Waals surface area contributed by atoms with E-state index in [0.717, 1.165) is 16.9 Å². The van der Waals surface area contributed by atoms with Crippen LogP contribution in [0, 0.1) is 6.92 Å². The lowest BCUT2D eigenvalue weighted by atomic mass is 10.3. The first kappa shape index (κ1) is 14.9. The van der Waals surface area contributed by atoms with Crippen molar-refractivity contribution in [3.8, 4) is 0 Å². The molecule has 0 bridgehead atoms. The molecule has 0 radical (unpaired) electrons. The fraction of sp³-hybridized carbons (Fsp3) is 0.133. The third-order valence-electron chi connectivity index (χ3n) is 3.48. The van der Waals surface area contributed by atoms with Crippen LogP contribution in [0.2, 0.25) is 5.02 Å². The predicted octanol–water partition coefficient (Wildman–Crippen LogP) is 3.34. The third kappa shape index (κ3) is 2.55. The highest BCUT2D eigenvalue weighted by molar-refractivity contribution is 7.92. The van der Waals surface area contributed by atoms with Gasteiger partial charge in [-0.1, -0.05) is 23.7 Å². The van der Waals surface area contributed by atoms with E-state index < -0.39 is 10.0 Å². The van der Waals surface area contributed by atoms with Crippen LogP contribution in [0.4, 0.5) is 5.69 Å². The second-order valence-electron chi connectivity index (χ2n) is 4.96. The summed E-state index contributed by atoms with van der Waals surface area (Å²) in [5.41, 5.74) is 2.13. The summed E-state index contributed by atoms with van der Waals surface area (Å²) in [7, 11) is -1.82. The molecule has 0 unspecified atom stereocenters. The van der Waals surface area contributed by atoms with Crippen LogP contribution in [0.3, 0.4) is 0 Å². The molecule has 3 aromatic rings. The number of nitrogens with zero attached hydrogens (tertiary/aromatic N) is 2. The number of anilines is 1. The zero-order valence-electron chi connectivity index (χ0n) is 12.0. The maximum absolute atomic E-state index is 12.4. The average molecular weight is 336 g/mol. The maximum atomic E-state index is 12.4. The Labute approximate surface area is 133 Å². The summed E-state index contributed by atoms with van der Waals surface area (Å²) in [4.78, 5) is 4.45. The Morgan fingerprint density at radius 2 is 1.91 bits per heavy atom. The van der Waals surface area contributed by atoms with Crippen LogP contribution in [0.5, 0.6) is 0 Å². The van der Waals surface area contributed by atoms with Gasteiger partial charge in [0.15, 0.2) is 0 Å². The standard InChI is InChI=1S/C15H14ClN3O2S/c1-10-17-13-9-11(7-8-14(13)19(10)2)18-22(20,21)15-6-4-3-5-12(15)16/h3-9,18H,1-2H3. The lowest BCUT2D eigenvalue weighted by Crippen LogP contribution is -2.13. The fourth-order valence-electron chi connectivity index (χ4n) is 2.26. The van der Waals surface area contributed by atoms with E-state index in [0.29, 0.717) is 5.69 Å². The molecule has 0 saturated heterocycles. The second-order valence-corrected chi connectivity index (χ2v) is 7.02. The van der Waals surface area contributed by atoms with Crippen molar-refractivity contribution in [2.75, 3.05) is 4.72 Å². The van der Waals surface area contributed by atoms with E-state index in [1.165, 1.54) is 6.07 Å². The first-order valence-electron chi connectivity index (χ1n) is 6.59. The van der Waals surface area contributed by atoms with Gasteiger partial charge in [-0.05, 0) is 37.3 Å². The van der Waals surface area contributed by atoms with Crippen molar-refractivity contribution in [1.29, 1.82) is 0 Å². The molecule has 0 spiro atoms. The topological polar surface area (TPSA) is 64.0 Å². The Kier molecular flexibility index (Phi) is 3.58. The first-order valence-corrected chi connectivity index (χ1v) is 8.45. The molecular weight excluding hydrogens is 322 g/mol. The van der Waals surface area contributed by atoms with E-state index in [2.05, 4.69) is 9.71 Å². The van der Waals surface area contributed by atoms with E-state index in [9.17, 15) is 8.42 Å². The average Bonchev–Trinajstić information content (AvgIpc) is 2.73. The zero-order chi connectivity index (χ0) is 15.9. The predicted molar refractivity (Wildman–Crippen MR) is 87.7 cm³/mol. The van der Waals surface area contributed by atoms with Crippen molar-refractivity contribution in [2.45, 2.75) is 11.8 Å². The van der Waals surface area contributed by atoms with E-state index in [-0.39, 0.29) is 9.92 Å². The second kappa shape index (κ2) is 5.30. The number of hydrogen-bond acceptors (Lipinski definition) is 3. The molecule has 1 heterocycles. The van der Waals surface area contributed by atoms with Crippen LogP contribution >= 0.6 is 11.6 Å². The molecule has 22 heavy (non-hydrogen) atoms. The number of hydrogen-bond donors (Lipinski definition) is 1. The Balaban J connectivity index is 2.01. The summed E-state index contributed by atoms with van der Waals surface area (Å²) in [6.45, 7) is 1.90. The van der Waals surface area contributed by atoms with Crippen LogP contribution in [0.15, 0.2) is 47.4 Å². The van der Waals surface area contributed by atoms with E-state index in [4.69, 9.17) is 11.6 Å². The normalized spacial score (nSPS) is 11.8. The lowest BCUT2D eigenvalue weighted by Gasteiger charge is -2.09. The molecule has 1 N–H and O–H groups in total. The van der Waals surface area contributed by atoms with Crippen molar-refractivity contribution >= 4 is 38.3 Å². The van der Waals surface area contributed by atoms with Crippen LogP contribution in [0.1, 0.15) is 5.82 Å². The Bertz CT molecular complexity index is 964. The molecule has 0 amide bonds. The molecule has 0 aliphatic rings. The smallest absolute Gasteiger partial charge is 0.263 e. The van der Waals surface area contributed by atoms with E-state index in [1.807, 2.05) is 24.6 Å². The van der Waals surface area contributed by atoms with Gasteiger partial charge < -0.3 is 4.57 Å². The minimum Gasteiger partial charge on any atom is -0.331 e. The summed E-state index contributed by atoms with van der Waals surface area (Å²) in [5, 5.41) is 0.185. The summed E-state index contributed by atoms with van der Waals surface area (Å²) in [6.07, 6.45) is 0. The van der Waals surface area contributed by atoms with Gasteiger partial charge in [0.1, 0.15) is 10.7 Å². The number of rotatable bonds is 3. The number of aromatic nitrogens is 2. The van der Waals surface area contributed by atoms with E-state index in [1.54, 1.807) is 30.3 Å². The van der Waals surface area contributed by atoms with Gasteiger partial charge >= 0.3 is 0 Å². The third-order valence-corrected chi connectivity index (χ3v) is 5.36. The van der Waals surface area contributed by atoms with Crippen molar-refractivity contribution in [3.63, 3.8) is 0 Å². The van der Waals surface area contributed by atoms with Gasteiger partial charge in [-0.15, -0.1) is 0 Å². The van der Waals surface area contributed by atoms with Gasteiger partial charge in [0.2, 0.25) is 0 Å². The van der Waals surface area contributed by atoms with Crippen molar-refractivity contribution < 1.29 is 8.42 Å². The largest absolute Gasteiger partial charge is 0.331 e. The van der Waals surface area contributed by atoms with Crippen LogP contribution in [0.25, 0.3) is 11.0 Å². The summed E-state index contributed by atoms with van der Waals surface area (Å²) in [5.74, 6) is 0.862. The van der Waals surface area contributed by atoms with Gasteiger partial charge in [-0.2, -0.15) is 0 Å². The number of benzene rings is 2. The van der Waals surface area contributed by atoms with Gasteiger partial charge in [-0.3, -0.25) is 4.72 Å². The van der Waals surface area contributed by atoms with Crippen LogP contribution < -0.4 is 4.72 Å². The Morgan fingerprint density at radius 1 is 1.18 bits per heavy atom. The highest BCUT2D eigenvalue weighted by atomic mass is 35.5. The maximum Gasteiger partial charge on any atom is 0.263 e. The number of sulfonamides is 1. The van der Waals surface area contributed by atoms with E-state index >= 15 is 0 Å². The van der Waals surface area contributed by atoms with Crippen molar-refractivity contribution in [2.24, 2.45) is 7.05 Å². The van der Waals surface area contributed by atoms with Crippen LogP contribution in [-0.2, 0) is 17.1 Å². The van der Waals surface area contributed by atoms with Crippen molar-refractivity contribution in [3.05, 3.63) is 53.3 Å². The van der Waals surface area contributed by atoms with Crippen LogP contribution in [-0.4, -0.2) is 18.0 Å². The minimum absolute atomic E-state index is 0.0500. The summed E-state index contributed by atoms with van der Waals surface area (Å²) in [6, 6.07) is 11.6. The number of imidazole rings is 1. The molecule has 0 atom stereocenters. The summed E-state index contributed by atoms with van der Waals surface area (Å²) >= 11 is 5.96. The molecular formula is C15H14ClN3O2S. The number of nitrogens with one attached hydrogen (secondary N) is 1. The summed E-state index contributed by atoms with van der Waals surface area (Å²) < 4.78 is 29.3. The molecule has 0 aliphatic heterocycles. The molecule has 2 aromatic carbocycles. The minimum atomic E-state index is -3.73. The lowest BCUT2D eigenvalue weighted by molar-refractivity contribution is 0.601. The molecule has 5 nitrogen and oxygen atoms in total. The van der Waals surface area contributed by atoms with Gasteiger partial charge in [-0.25, -0.2) is 13.4 Å². The molecule has 114 valence electrons. The SMILES string of the molecule is Cc1nc2cc(NS(=O)(=O)c3ccccc3Cl)ccc2n1C. The number of fused-ring (bicyclic) bond motifs is 1. The molecule has 0 fully saturated rings. The highest BCUT2D eigenvalue weighted by Crippen LogP contribution is 2.25.